The van der Waals surface area contributed by atoms with Gasteiger partial charge in [-0.15, -0.1) is 0 Å². The Kier molecular flexibility index (Phi) is 3.42. The lowest BCUT2D eigenvalue weighted by atomic mass is 10.1. The lowest BCUT2D eigenvalue weighted by Crippen LogP contribution is -2.54. The highest BCUT2D eigenvalue weighted by Crippen LogP contribution is 2.18. The highest BCUT2D eigenvalue weighted by atomic mass is 16.7. The fourth-order valence-corrected chi connectivity index (χ4v) is 1.31. The molecule has 72 valence electrons. The van der Waals surface area contributed by atoms with Gasteiger partial charge in [0.2, 0.25) is 0 Å². The van der Waals surface area contributed by atoms with Crippen LogP contribution in [0.3, 0.4) is 0 Å². The molecular formula is C7H14O5. The van der Waals surface area contributed by atoms with E-state index in [0.29, 0.717) is 0 Å². The summed E-state index contributed by atoms with van der Waals surface area (Å²) in [5, 5.41) is 18.6. The summed E-state index contributed by atoms with van der Waals surface area (Å²) in [4.78, 5) is 0. The second kappa shape index (κ2) is 4.15. The fourth-order valence-electron chi connectivity index (χ4n) is 1.31. The first-order chi connectivity index (χ1) is 5.70. The van der Waals surface area contributed by atoms with Crippen LogP contribution < -0.4 is 0 Å². The third kappa shape index (κ3) is 1.75. The van der Waals surface area contributed by atoms with Crippen LogP contribution >= 0.6 is 0 Å². The summed E-state index contributed by atoms with van der Waals surface area (Å²) >= 11 is 0. The van der Waals surface area contributed by atoms with Gasteiger partial charge in [0.1, 0.15) is 18.3 Å². The van der Waals surface area contributed by atoms with Gasteiger partial charge in [-0.3, -0.25) is 0 Å². The third-order valence-corrected chi connectivity index (χ3v) is 1.97. The molecule has 1 fully saturated rings. The Morgan fingerprint density at radius 3 is 2.17 bits per heavy atom. The minimum absolute atomic E-state index is 0.0690. The summed E-state index contributed by atoms with van der Waals surface area (Å²) in [6, 6.07) is 0. The van der Waals surface area contributed by atoms with Crippen molar-refractivity contribution in [2.45, 2.75) is 24.6 Å². The molecule has 0 aromatic heterocycles. The Labute approximate surface area is 70.9 Å². The molecule has 0 radical (unpaired) electrons. The van der Waals surface area contributed by atoms with Crippen molar-refractivity contribution in [2.75, 3.05) is 20.8 Å². The van der Waals surface area contributed by atoms with Gasteiger partial charge in [-0.25, -0.2) is 0 Å². The minimum atomic E-state index is -1.02. The number of hydrogen-bond donors (Lipinski definition) is 2. The van der Waals surface area contributed by atoms with E-state index in [4.69, 9.17) is 14.2 Å². The van der Waals surface area contributed by atoms with Crippen LogP contribution in [0.15, 0.2) is 0 Å². The SMILES string of the molecule is CO[C@H]1[C@H](OC)[C@@H](O)OC[C@H]1O. The van der Waals surface area contributed by atoms with Gasteiger partial charge in [-0.05, 0) is 0 Å². The maximum absolute atomic E-state index is 9.35. The summed E-state index contributed by atoms with van der Waals surface area (Å²) in [6.45, 7) is 0.0690. The molecule has 0 spiro atoms. The first-order valence-corrected chi connectivity index (χ1v) is 3.74. The summed E-state index contributed by atoms with van der Waals surface area (Å²) in [6.07, 6.45) is -2.93. The zero-order chi connectivity index (χ0) is 9.14. The van der Waals surface area contributed by atoms with Gasteiger partial charge in [-0.1, -0.05) is 0 Å². The van der Waals surface area contributed by atoms with Crippen LogP contribution in [0.5, 0.6) is 0 Å². The standard InChI is InChI=1S/C7H14O5/c1-10-5-4(8)3-12-7(9)6(5)11-2/h4-9H,3H2,1-2H3/t4-,5-,6+,7+/m1/s1. The molecule has 1 heterocycles. The van der Waals surface area contributed by atoms with Gasteiger partial charge in [0.25, 0.3) is 0 Å². The number of aliphatic hydroxyl groups is 2. The largest absolute Gasteiger partial charge is 0.388 e. The molecule has 5 heteroatoms. The molecule has 0 saturated carbocycles. The number of ether oxygens (including phenoxy) is 3. The van der Waals surface area contributed by atoms with Crippen molar-refractivity contribution in [3.05, 3.63) is 0 Å². The lowest BCUT2D eigenvalue weighted by molar-refractivity contribution is -0.264. The smallest absolute Gasteiger partial charge is 0.183 e. The van der Waals surface area contributed by atoms with Crippen molar-refractivity contribution in [1.29, 1.82) is 0 Å². The monoisotopic (exact) mass is 178 g/mol. The molecule has 1 aliphatic heterocycles. The molecule has 0 aromatic carbocycles. The van der Waals surface area contributed by atoms with Crippen molar-refractivity contribution >= 4 is 0 Å². The highest BCUT2D eigenvalue weighted by molar-refractivity contribution is 4.84. The molecule has 0 amide bonds. The Balaban J connectivity index is 2.61. The predicted octanol–water partition coefficient (Wildman–Crippen LogP) is -1.27. The predicted molar refractivity (Wildman–Crippen MR) is 39.6 cm³/mol. The van der Waals surface area contributed by atoms with Gasteiger partial charge in [-0.2, -0.15) is 0 Å². The molecule has 5 nitrogen and oxygen atoms in total. The van der Waals surface area contributed by atoms with E-state index in [1.807, 2.05) is 0 Å². The number of rotatable bonds is 2. The Morgan fingerprint density at radius 1 is 1.17 bits per heavy atom. The van der Waals surface area contributed by atoms with Crippen LogP contribution in [0.2, 0.25) is 0 Å². The molecule has 1 rings (SSSR count). The van der Waals surface area contributed by atoms with Crippen LogP contribution in [0.4, 0.5) is 0 Å². The molecule has 1 aliphatic rings. The molecule has 12 heavy (non-hydrogen) atoms. The molecule has 4 atom stereocenters. The van der Waals surface area contributed by atoms with Crippen molar-refractivity contribution < 1.29 is 24.4 Å². The summed E-state index contributed by atoms with van der Waals surface area (Å²) in [7, 11) is 2.89. The van der Waals surface area contributed by atoms with Crippen molar-refractivity contribution in [3.63, 3.8) is 0 Å². The Hall–Kier alpha value is -0.200. The zero-order valence-corrected chi connectivity index (χ0v) is 7.14. The van der Waals surface area contributed by atoms with Crippen LogP contribution in [0.1, 0.15) is 0 Å². The quantitative estimate of drug-likeness (QED) is 0.551. The molecule has 0 unspecified atom stereocenters. The molecular weight excluding hydrogens is 164 g/mol. The van der Waals surface area contributed by atoms with Crippen LogP contribution in [0.25, 0.3) is 0 Å². The first-order valence-electron chi connectivity index (χ1n) is 3.74. The minimum Gasteiger partial charge on any atom is -0.388 e. The Morgan fingerprint density at radius 2 is 1.75 bits per heavy atom. The van der Waals surface area contributed by atoms with Crippen molar-refractivity contribution in [1.82, 2.24) is 0 Å². The van der Waals surface area contributed by atoms with Crippen LogP contribution in [0, 0.1) is 0 Å². The second-order valence-corrected chi connectivity index (χ2v) is 2.69. The van der Waals surface area contributed by atoms with Gasteiger partial charge < -0.3 is 24.4 Å². The van der Waals surface area contributed by atoms with Gasteiger partial charge in [0.15, 0.2) is 6.29 Å². The van der Waals surface area contributed by atoms with Gasteiger partial charge >= 0.3 is 0 Å². The average Bonchev–Trinajstić information content (AvgIpc) is 2.08. The third-order valence-electron chi connectivity index (χ3n) is 1.97. The number of aliphatic hydroxyl groups excluding tert-OH is 2. The van der Waals surface area contributed by atoms with Crippen LogP contribution in [-0.2, 0) is 14.2 Å². The lowest BCUT2D eigenvalue weighted by Gasteiger charge is -2.36. The van der Waals surface area contributed by atoms with E-state index in [2.05, 4.69) is 0 Å². The van der Waals surface area contributed by atoms with E-state index in [1.165, 1.54) is 14.2 Å². The number of methoxy groups -OCH3 is 2. The highest BCUT2D eigenvalue weighted by Gasteiger charge is 2.39. The topological polar surface area (TPSA) is 68.2 Å². The zero-order valence-electron chi connectivity index (χ0n) is 7.14. The van der Waals surface area contributed by atoms with Crippen molar-refractivity contribution in [2.24, 2.45) is 0 Å². The number of hydrogen-bond acceptors (Lipinski definition) is 5. The van der Waals surface area contributed by atoms with Gasteiger partial charge in [0.05, 0.1) is 6.61 Å². The van der Waals surface area contributed by atoms with E-state index < -0.39 is 24.6 Å². The van der Waals surface area contributed by atoms with E-state index in [-0.39, 0.29) is 6.61 Å². The second-order valence-electron chi connectivity index (χ2n) is 2.69. The average molecular weight is 178 g/mol. The van der Waals surface area contributed by atoms with Crippen LogP contribution in [-0.4, -0.2) is 55.6 Å². The van der Waals surface area contributed by atoms with E-state index in [1.54, 1.807) is 0 Å². The van der Waals surface area contributed by atoms with Crippen molar-refractivity contribution in [3.8, 4) is 0 Å². The van der Waals surface area contributed by atoms with E-state index in [0.717, 1.165) is 0 Å². The summed E-state index contributed by atoms with van der Waals surface area (Å²) < 4.78 is 14.7. The summed E-state index contributed by atoms with van der Waals surface area (Å²) in [5.74, 6) is 0. The van der Waals surface area contributed by atoms with E-state index >= 15 is 0 Å². The van der Waals surface area contributed by atoms with Gasteiger partial charge in [0, 0.05) is 14.2 Å². The first kappa shape index (κ1) is 9.88. The van der Waals surface area contributed by atoms with E-state index in [9.17, 15) is 10.2 Å². The maximum Gasteiger partial charge on any atom is 0.183 e. The normalized spacial score (nSPS) is 43.0. The molecule has 2 N–H and O–H groups in total. The maximum atomic E-state index is 9.35. The Bertz CT molecular complexity index is 124. The fraction of sp³-hybridized carbons (Fsp3) is 1.00. The molecule has 1 saturated heterocycles. The molecule has 0 bridgehead atoms. The molecule has 0 aliphatic carbocycles. The summed E-state index contributed by atoms with van der Waals surface area (Å²) in [5.41, 5.74) is 0. The molecule has 0 aromatic rings.